The molecule has 1 unspecified atom stereocenters. The first kappa shape index (κ1) is 17.1. The van der Waals surface area contributed by atoms with Crippen molar-refractivity contribution in [3.63, 3.8) is 0 Å². The Kier molecular flexibility index (Phi) is 4.55. The number of amides is 2. The van der Waals surface area contributed by atoms with E-state index in [0.29, 0.717) is 17.1 Å². The number of hydrogen-bond donors (Lipinski definition) is 3. The van der Waals surface area contributed by atoms with Gasteiger partial charge >= 0.3 is 6.03 Å². The average Bonchev–Trinajstić information content (AvgIpc) is 2.99. The van der Waals surface area contributed by atoms with Crippen molar-refractivity contribution in [2.75, 3.05) is 18.7 Å². The zero-order valence-electron chi connectivity index (χ0n) is 14.6. The molecular weight excluding hydrogens is 320 g/mol. The maximum atomic E-state index is 12.1. The van der Waals surface area contributed by atoms with Crippen LogP contribution in [-0.4, -0.2) is 24.5 Å². The molecular formula is C19H22N2O4. The summed E-state index contributed by atoms with van der Waals surface area (Å²) in [5.74, 6) is 1.25. The van der Waals surface area contributed by atoms with Crippen molar-refractivity contribution < 1.29 is 19.4 Å². The third-order valence-corrected chi connectivity index (χ3v) is 4.07. The highest BCUT2D eigenvalue weighted by Gasteiger charge is 2.26. The molecule has 1 aliphatic heterocycles. The second-order valence-electron chi connectivity index (χ2n) is 6.53. The first-order valence-electron chi connectivity index (χ1n) is 8.09. The summed E-state index contributed by atoms with van der Waals surface area (Å²) in [5.41, 5.74) is 2.27. The number of fused-ring (bicyclic) bond motifs is 1. The normalized spacial score (nSPS) is 14.7. The maximum Gasteiger partial charge on any atom is 0.319 e. The number of urea groups is 1. The lowest BCUT2D eigenvalue weighted by atomic mass is 9.95. The van der Waals surface area contributed by atoms with Crippen molar-refractivity contribution in [1.82, 2.24) is 5.32 Å². The van der Waals surface area contributed by atoms with E-state index >= 15 is 0 Å². The van der Waals surface area contributed by atoms with Crippen molar-refractivity contribution >= 4 is 11.7 Å². The van der Waals surface area contributed by atoms with Gasteiger partial charge in [0.1, 0.15) is 5.60 Å². The Morgan fingerprint density at radius 3 is 2.52 bits per heavy atom. The zero-order chi connectivity index (χ0) is 18.0. The Balaban J connectivity index is 1.62. The molecule has 3 rings (SSSR count). The predicted octanol–water partition coefficient (Wildman–Crippen LogP) is 3.06. The van der Waals surface area contributed by atoms with Gasteiger partial charge in [-0.05, 0) is 61.7 Å². The van der Waals surface area contributed by atoms with Gasteiger partial charge in [0, 0.05) is 5.69 Å². The van der Waals surface area contributed by atoms with Crippen LogP contribution in [0, 0.1) is 13.8 Å². The minimum atomic E-state index is -1.24. The monoisotopic (exact) mass is 342 g/mol. The third kappa shape index (κ3) is 4.03. The van der Waals surface area contributed by atoms with E-state index in [1.807, 2.05) is 32.0 Å². The smallest absolute Gasteiger partial charge is 0.319 e. The van der Waals surface area contributed by atoms with Gasteiger partial charge in [-0.15, -0.1) is 0 Å². The van der Waals surface area contributed by atoms with E-state index in [2.05, 4.69) is 10.6 Å². The van der Waals surface area contributed by atoms with Crippen molar-refractivity contribution in [1.29, 1.82) is 0 Å². The summed E-state index contributed by atoms with van der Waals surface area (Å²) in [7, 11) is 0. The first-order valence-corrected chi connectivity index (χ1v) is 8.09. The number of aryl methyl sites for hydroxylation is 2. The SMILES string of the molecule is Cc1cc(C)cc(NC(=O)NCC(C)(O)c2ccc3c(c2)OCO3)c1. The molecule has 1 aliphatic rings. The van der Waals surface area contributed by atoms with E-state index in [-0.39, 0.29) is 19.4 Å². The maximum absolute atomic E-state index is 12.1. The van der Waals surface area contributed by atoms with Gasteiger partial charge < -0.3 is 25.2 Å². The predicted molar refractivity (Wildman–Crippen MR) is 95.1 cm³/mol. The second-order valence-corrected chi connectivity index (χ2v) is 6.53. The van der Waals surface area contributed by atoms with Gasteiger partial charge in [-0.25, -0.2) is 4.79 Å². The van der Waals surface area contributed by atoms with Gasteiger partial charge in [-0.2, -0.15) is 0 Å². The highest BCUT2D eigenvalue weighted by Crippen LogP contribution is 2.35. The molecule has 2 amide bonds. The van der Waals surface area contributed by atoms with Gasteiger partial charge in [0.05, 0.1) is 6.54 Å². The minimum Gasteiger partial charge on any atom is -0.454 e. The Labute approximate surface area is 146 Å². The number of aliphatic hydroxyl groups is 1. The van der Waals surface area contributed by atoms with Crippen molar-refractivity contribution in [3.05, 3.63) is 53.1 Å². The quantitative estimate of drug-likeness (QED) is 0.798. The molecule has 0 saturated carbocycles. The van der Waals surface area contributed by atoms with Crippen molar-refractivity contribution in [2.24, 2.45) is 0 Å². The van der Waals surface area contributed by atoms with Crippen LogP contribution in [0.1, 0.15) is 23.6 Å². The van der Waals surface area contributed by atoms with E-state index in [4.69, 9.17) is 9.47 Å². The molecule has 0 saturated heterocycles. The number of ether oxygens (including phenoxy) is 2. The van der Waals surface area contributed by atoms with Crippen LogP contribution in [-0.2, 0) is 5.60 Å². The Morgan fingerprint density at radius 1 is 1.12 bits per heavy atom. The van der Waals surface area contributed by atoms with Crippen molar-refractivity contribution in [3.8, 4) is 11.5 Å². The number of carbonyl (C=O) groups is 1. The standard InChI is InChI=1S/C19H22N2O4/c1-12-6-13(2)8-15(7-12)21-18(22)20-10-19(3,23)14-4-5-16-17(9-14)25-11-24-16/h4-9,23H,10-11H2,1-3H3,(H2,20,21,22). The Morgan fingerprint density at radius 2 is 1.80 bits per heavy atom. The Hall–Kier alpha value is -2.73. The molecule has 132 valence electrons. The third-order valence-electron chi connectivity index (χ3n) is 4.07. The molecule has 0 aromatic heterocycles. The first-order chi connectivity index (χ1) is 11.8. The highest BCUT2D eigenvalue weighted by molar-refractivity contribution is 5.89. The highest BCUT2D eigenvalue weighted by atomic mass is 16.7. The Bertz CT molecular complexity index is 782. The van der Waals surface area contributed by atoms with Crippen LogP contribution in [0.15, 0.2) is 36.4 Å². The lowest BCUT2D eigenvalue weighted by molar-refractivity contribution is 0.0597. The fourth-order valence-electron chi connectivity index (χ4n) is 2.81. The molecule has 1 atom stereocenters. The van der Waals surface area contributed by atoms with E-state index in [0.717, 1.165) is 16.8 Å². The number of hydrogen-bond acceptors (Lipinski definition) is 4. The molecule has 0 bridgehead atoms. The fraction of sp³-hybridized carbons (Fsp3) is 0.316. The van der Waals surface area contributed by atoms with Gasteiger partial charge in [0.15, 0.2) is 11.5 Å². The second kappa shape index (κ2) is 6.64. The number of anilines is 1. The molecule has 6 heteroatoms. The summed E-state index contributed by atoms with van der Waals surface area (Å²) < 4.78 is 10.6. The lowest BCUT2D eigenvalue weighted by Crippen LogP contribution is -2.40. The van der Waals surface area contributed by atoms with Crippen molar-refractivity contribution in [2.45, 2.75) is 26.4 Å². The van der Waals surface area contributed by atoms with Crippen LogP contribution >= 0.6 is 0 Å². The minimum absolute atomic E-state index is 0.0588. The molecule has 2 aromatic carbocycles. The molecule has 6 nitrogen and oxygen atoms in total. The van der Waals surface area contributed by atoms with Gasteiger partial charge in [-0.1, -0.05) is 12.1 Å². The summed E-state index contributed by atoms with van der Waals surface area (Å²) >= 11 is 0. The summed E-state index contributed by atoms with van der Waals surface area (Å²) in [6.07, 6.45) is 0. The van der Waals surface area contributed by atoms with Crippen LogP contribution in [0.5, 0.6) is 11.5 Å². The number of carbonyl (C=O) groups excluding carboxylic acids is 1. The summed E-state index contributed by atoms with van der Waals surface area (Å²) in [5, 5.41) is 16.2. The van der Waals surface area contributed by atoms with Gasteiger partial charge in [0.25, 0.3) is 0 Å². The zero-order valence-corrected chi connectivity index (χ0v) is 14.6. The summed E-state index contributed by atoms with van der Waals surface area (Å²) in [6, 6.07) is 10.7. The van der Waals surface area contributed by atoms with Crippen LogP contribution in [0.3, 0.4) is 0 Å². The van der Waals surface area contributed by atoms with Crippen LogP contribution in [0.2, 0.25) is 0 Å². The molecule has 25 heavy (non-hydrogen) atoms. The van der Waals surface area contributed by atoms with Gasteiger partial charge in [0.2, 0.25) is 6.79 Å². The van der Waals surface area contributed by atoms with E-state index in [1.54, 1.807) is 25.1 Å². The summed E-state index contributed by atoms with van der Waals surface area (Å²) in [4.78, 5) is 12.1. The fourth-order valence-corrected chi connectivity index (χ4v) is 2.81. The molecule has 3 N–H and O–H groups in total. The van der Waals surface area contributed by atoms with E-state index < -0.39 is 5.60 Å². The molecule has 0 spiro atoms. The van der Waals surface area contributed by atoms with Crippen LogP contribution < -0.4 is 20.1 Å². The molecule has 0 aliphatic carbocycles. The molecule has 0 fully saturated rings. The van der Waals surface area contributed by atoms with E-state index in [9.17, 15) is 9.90 Å². The molecule has 0 radical (unpaired) electrons. The topological polar surface area (TPSA) is 79.8 Å². The number of rotatable bonds is 4. The van der Waals surface area contributed by atoms with Gasteiger partial charge in [-0.3, -0.25) is 0 Å². The summed E-state index contributed by atoms with van der Waals surface area (Å²) in [6.45, 7) is 5.82. The average molecular weight is 342 g/mol. The number of benzene rings is 2. The van der Waals surface area contributed by atoms with Crippen LogP contribution in [0.4, 0.5) is 10.5 Å². The lowest BCUT2D eigenvalue weighted by Gasteiger charge is -2.24. The molecule has 2 aromatic rings. The largest absolute Gasteiger partial charge is 0.454 e. The van der Waals surface area contributed by atoms with E-state index in [1.165, 1.54) is 0 Å². The number of nitrogens with one attached hydrogen (secondary N) is 2. The van der Waals surface area contributed by atoms with Crippen LogP contribution in [0.25, 0.3) is 0 Å². The molecule has 1 heterocycles.